The van der Waals surface area contributed by atoms with Crippen LogP contribution in [0.3, 0.4) is 0 Å². The van der Waals surface area contributed by atoms with Crippen molar-refractivity contribution in [3.63, 3.8) is 0 Å². The Hall–Kier alpha value is -1.96. The highest BCUT2D eigenvalue weighted by molar-refractivity contribution is 7.14. The number of aromatic carboxylic acids is 1. The predicted molar refractivity (Wildman–Crippen MR) is 59.1 cm³/mol. The first-order valence-electron chi connectivity index (χ1n) is 4.75. The molecule has 90 valence electrons. The molecule has 0 amide bonds. The van der Waals surface area contributed by atoms with E-state index in [2.05, 4.69) is 15.4 Å². The largest absolute Gasteiger partial charge is 0.484 e. The third kappa shape index (κ3) is 2.59. The number of hydrogen-bond acceptors (Lipinski definition) is 6. The highest BCUT2D eigenvalue weighted by Crippen LogP contribution is 2.29. The lowest BCUT2D eigenvalue weighted by molar-refractivity contribution is 0.0697. The van der Waals surface area contributed by atoms with Gasteiger partial charge in [0.25, 0.3) is 0 Å². The summed E-state index contributed by atoms with van der Waals surface area (Å²) in [6.45, 7) is 1.93. The van der Waals surface area contributed by atoms with E-state index in [-0.39, 0.29) is 11.5 Å². The molecule has 0 aliphatic heterocycles. The van der Waals surface area contributed by atoms with Crippen LogP contribution in [0, 0.1) is 6.92 Å². The Morgan fingerprint density at radius 3 is 3.00 bits per heavy atom. The lowest BCUT2D eigenvalue weighted by atomic mass is 10.4. The minimum atomic E-state index is -0.995. The zero-order chi connectivity index (χ0) is 12.4. The van der Waals surface area contributed by atoms with Gasteiger partial charge < -0.3 is 9.84 Å². The number of carboxylic acids is 1. The summed E-state index contributed by atoms with van der Waals surface area (Å²) < 4.78 is 5.37. The first-order chi connectivity index (χ1) is 8.06. The molecule has 7 nitrogen and oxygen atoms in total. The Morgan fingerprint density at radius 1 is 1.65 bits per heavy atom. The van der Waals surface area contributed by atoms with Crippen LogP contribution in [0.25, 0.3) is 0 Å². The highest BCUT2D eigenvalue weighted by atomic mass is 32.1. The average Bonchev–Trinajstić information content (AvgIpc) is 2.82. The van der Waals surface area contributed by atoms with Gasteiger partial charge >= 0.3 is 5.97 Å². The summed E-state index contributed by atoms with van der Waals surface area (Å²) in [5.74, 6) is -0.245. The molecule has 2 heterocycles. The normalized spacial score (nSPS) is 10.5. The second-order valence-electron chi connectivity index (χ2n) is 3.34. The molecule has 2 aromatic heterocycles. The minimum absolute atomic E-state index is 0.101. The number of rotatable bonds is 4. The molecule has 8 heteroatoms. The van der Waals surface area contributed by atoms with Gasteiger partial charge in [-0.3, -0.25) is 0 Å². The van der Waals surface area contributed by atoms with Gasteiger partial charge in [0.05, 0.1) is 7.05 Å². The maximum Gasteiger partial charge on any atom is 0.349 e. The summed E-state index contributed by atoms with van der Waals surface area (Å²) in [7, 11) is 1.65. The minimum Gasteiger partial charge on any atom is -0.484 e. The third-order valence-corrected chi connectivity index (χ3v) is 2.94. The van der Waals surface area contributed by atoms with Crippen molar-refractivity contribution in [3.05, 3.63) is 21.6 Å². The van der Waals surface area contributed by atoms with Gasteiger partial charge in [-0.2, -0.15) is 4.80 Å². The summed E-state index contributed by atoms with van der Waals surface area (Å²) in [6, 6.07) is 1.69. The molecule has 2 aromatic rings. The number of aromatic nitrogens is 4. The standard InChI is InChI=1S/C9H10N4O3S/c1-5-3-6(8(17-5)9(14)15)16-4-7-10-12-13(2)11-7/h3H,4H2,1-2H3,(H,14,15). The topological polar surface area (TPSA) is 90.1 Å². The summed E-state index contributed by atoms with van der Waals surface area (Å²) >= 11 is 1.18. The fourth-order valence-electron chi connectivity index (χ4n) is 1.27. The number of carbonyl (C=O) groups is 1. The molecule has 0 saturated heterocycles. The van der Waals surface area contributed by atoms with E-state index in [4.69, 9.17) is 9.84 Å². The van der Waals surface area contributed by atoms with E-state index in [0.717, 1.165) is 4.88 Å². The summed E-state index contributed by atoms with van der Waals surface area (Å²) in [4.78, 5) is 13.3. The van der Waals surface area contributed by atoms with Crippen LogP contribution in [0.1, 0.15) is 20.4 Å². The SMILES string of the molecule is Cc1cc(OCc2nnn(C)n2)c(C(=O)O)s1. The molecular formula is C9H10N4O3S. The number of ether oxygens (including phenoxy) is 1. The van der Waals surface area contributed by atoms with E-state index in [0.29, 0.717) is 11.6 Å². The van der Waals surface area contributed by atoms with Crippen LogP contribution in [0.15, 0.2) is 6.07 Å². The lowest BCUT2D eigenvalue weighted by Crippen LogP contribution is -2.02. The van der Waals surface area contributed by atoms with Crippen LogP contribution in [0.4, 0.5) is 0 Å². The molecule has 0 spiro atoms. The summed E-state index contributed by atoms with van der Waals surface area (Å²) in [5.41, 5.74) is 0. The van der Waals surface area contributed by atoms with Crippen LogP contribution in [-0.4, -0.2) is 31.3 Å². The Kier molecular flexibility index (Phi) is 3.05. The molecule has 0 unspecified atom stereocenters. The molecule has 17 heavy (non-hydrogen) atoms. The van der Waals surface area contributed by atoms with Crippen LogP contribution < -0.4 is 4.74 Å². The Bertz CT molecular complexity index is 548. The van der Waals surface area contributed by atoms with Crippen LogP contribution in [-0.2, 0) is 13.7 Å². The van der Waals surface area contributed by atoms with Gasteiger partial charge in [0.15, 0.2) is 11.5 Å². The molecule has 1 N–H and O–H groups in total. The van der Waals surface area contributed by atoms with Crippen LogP contribution in [0.2, 0.25) is 0 Å². The molecule has 0 fully saturated rings. The quantitative estimate of drug-likeness (QED) is 0.870. The predicted octanol–water partition coefficient (Wildman–Crippen LogP) is 0.857. The van der Waals surface area contributed by atoms with Gasteiger partial charge in [-0.15, -0.1) is 21.5 Å². The van der Waals surface area contributed by atoms with Gasteiger partial charge in [-0.1, -0.05) is 0 Å². The van der Waals surface area contributed by atoms with E-state index in [1.807, 2.05) is 6.92 Å². The van der Waals surface area contributed by atoms with Crippen molar-refractivity contribution in [1.29, 1.82) is 0 Å². The molecule has 2 rings (SSSR count). The molecular weight excluding hydrogens is 244 g/mol. The monoisotopic (exact) mass is 254 g/mol. The Morgan fingerprint density at radius 2 is 2.41 bits per heavy atom. The number of thiophene rings is 1. The van der Waals surface area contributed by atoms with Crippen molar-refractivity contribution in [2.45, 2.75) is 13.5 Å². The van der Waals surface area contributed by atoms with Crippen molar-refractivity contribution in [2.24, 2.45) is 7.05 Å². The molecule has 0 aromatic carbocycles. The lowest BCUT2D eigenvalue weighted by Gasteiger charge is -2.01. The molecule has 0 aliphatic carbocycles. The molecule has 0 aliphatic rings. The smallest absolute Gasteiger partial charge is 0.349 e. The first kappa shape index (κ1) is 11.5. The van der Waals surface area contributed by atoms with Crippen molar-refractivity contribution in [2.75, 3.05) is 0 Å². The van der Waals surface area contributed by atoms with Gasteiger partial charge in [0.2, 0.25) is 5.82 Å². The zero-order valence-corrected chi connectivity index (χ0v) is 10.1. The second-order valence-corrected chi connectivity index (χ2v) is 4.60. The number of tetrazole rings is 1. The van der Waals surface area contributed by atoms with E-state index < -0.39 is 5.97 Å². The number of hydrogen-bond donors (Lipinski definition) is 1. The first-order valence-corrected chi connectivity index (χ1v) is 5.57. The number of nitrogens with zero attached hydrogens (tertiary/aromatic N) is 4. The molecule has 0 saturated carbocycles. The third-order valence-electron chi connectivity index (χ3n) is 1.92. The highest BCUT2D eigenvalue weighted by Gasteiger charge is 2.15. The van der Waals surface area contributed by atoms with Crippen molar-refractivity contribution in [3.8, 4) is 5.75 Å². The molecule has 0 radical (unpaired) electrons. The van der Waals surface area contributed by atoms with Crippen LogP contribution >= 0.6 is 11.3 Å². The maximum atomic E-state index is 10.9. The van der Waals surface area contributed by atoms with Gasteiger partial charge in [0.1, 0.15) is 5.75 Å². The Balaban J connectivity index is 2.11. The zero-order valence-electron chi connectivity index (χ0n) is 9.25. The van der Waals surface area contributed by atoms with E-state index >= 15 is 0 Å². The number of carboxylic acid groups (broad SMARTS) is 1. The molecule has 0 atom stereocenters. The molecule has 0 bridgehead atoms. The van der Waals surface area contributed by atoms with Gasteiger partial charge in [-0.05, 0) is 18.2 Å². The van der Waals surface area contributed by atoms with Crippen molar-refractivity contribution in [1.82, 2.24) is 20.2 Å². The number of aryl methyl sites for hydroxylation is 2. The second kappa shape index (κ2) is 4.50. The van der Waals surface area contributed by atoms with Crippen LogP contribution in [0.5, 0.6) is 5.75 Å². The van der Waals surface area contributed by atoms with E-state index in [1.54, 1.807) is 13.1 Å². The maximum absolute atomic E-state index is 10.9. The Labute approximate surface area is 101 Å². The van der Waals surface area contributed by atoms with E-state index in [9.17, 15) is 4.79 Å². The van der Waals surface area contributed by atoms with E-state index in [1.165, 1.54) is 16.1 Å². The van der Waals surface area contributed by atoms with Gasteiger partial charge in [0, 0.05) is 4.88 Å². The van der Waals surface area contributed by atoms with Crippen molar-refractivity contribution < 1.29 is 14.6 Å². The average molecular weight is 254 g/mol. The fourth-order valence-corrected chi connectivity index (χ4v) is 2.06. The van der Waals surface area contributed by atoms with Gasteiger partial charge in [-0.25, -0.2) is 4.79 Å². The summed E-state index contributed by atoms with van der Waals surface area (Å²) in [6.07, 6.45) is 0. The fraction of sp³-hybridized carbons (Fsp3) is 0.333. The van der Waals surface area contributed by atoms with Crippen molar-refractivity contribution >= 4 is 17.3 Å². The summed E-state index contributed by atoms with van der Waals surface area (Å²) in [5, 5.41) is 20.3.